The van der Waals surface area contributed by atoms with Gasteiger partial charge in [-0.1, -0.05) is 17.7 Å². The maximum atomic E-state index is 13.9. The molecular formula is C14H15ClFNO2. The van der Waals surface area contributed by atoms with Gasteiger partial charge >= 0.3 is 0 Å². The van der Waals surface area contributed by atoms with Crippen molar-refractivity contribution in [1.29, 1.82) is 0 Å². The molecule has 1 aromatic heterocycles. The third kappa shape index (κ3) is 2.81. The summed E-state index contributed by atoms with van der Waals surface area (Å²) in [5.41, 5.74) is 5.88. The molecule has 102 valence electrons. The molecule has 0 aliphatic carbocycles. The molecule has 0 amide bonds. The lowest BCUT2D eigenvalue weighted by atomic mass is 9.91. The summed E-state index contributed by atoms with van der Waals surface area (Å²) in [6.07, 6.45) is -1.03. The molecule has 5 heteroatoms. The average molecular weight is 284 g/mol. The van der Waals surface area contributed by atoms with E-state index in [-0.39, 0.29) is 17.1 Å². The number of aryl methyl sites for hydroxylation is 1. The van der Waals surface area contributed by atoms with Gasteiger partial charge in [0.05, 0.1) is 0 Å². The Labute approximate surface area is 115 Å². The van der Waals surface area contributed by atoms with Gasteiger partial charge in [0.15, 0.2) is 0 Å². The van der Waals surface area contributed by atoms with Crippen molar-refractivity contribution in [2.45, 2.75) is 18.9 Å². The molecule has 2 rings (SSSR count). The Bertz CT molecular complexity index is 550. The number of benzene rings is 1. The van der Waals surface area contributed by atoms with Crippen LogP contribution in [0.4, 0.5) is 4.39 Å². The summed E-state index contributed by atoms with van der Waals surface area (Å²) >= 11 is 6.00. The van der Waals surface area contributed by atoms with E-state index in [4.69, 9.17) is 21.8 Å². The second-order valence-electron chi connectivity index (χ2n) is 4.37. The molecule has 0 spiro atoms. The van der Waals surface area contributed by atoms with Gasteiger partial charge in [-0.25, -0.2) is 4.39 Å². The largest absolute Gasteiger partial charge is 0.464 e. The Morgan fingerprint density at radius 1 is 1.37 bits per heavy atom. The normalized spacial score (nSPS) is 14.4. The molecule has 0 bridgehead atoms. The molecule has 0 fully saturated rings. The van der Waals surface area contributed by atoms with E-state index in [1.54, 1.807) is 25.1 Å². The lowest BCUT2D eigenvalue weighted by Gasteiger charge is -2.21. The second-order valence-corrected chi connectivity index (χ2v) is 4.78. The molecule has 0 aliphatic rings. The predicted octanol–water partition coefficient (Wildman–Crippen LogP) is 3.16. The van der Waals surface area contributed by atoms with Gasteiger partial charge in [-0.05, 0) is 31.2 Å². The highest BCUT2D eigenvalue weighted by Gasteiger charge is 2.28. The van der Waals surface area contributed by atoms with Crippen molar-refractivity contribution in [2.24, 2.45) is 5.73 Å². The molecule has 0 radical (unpaired) electrons. The van der Waals surface area contributed by atoms with E-state index in [1.165, 1.54) is 12.1 Å². The van der Waals surface area contributed by atoms with Crippen LogP contribution in [-0.4, -0.2) is 11.7 Å². The van der Waals surface area contributed by atoms with Gasteiger partial charge in [-0.2, -0.15) is 0 Å². The highest BCUT2D eigenvalue weighted by Crippen LogP contribution is 2.36. The fraction of sp³-hybridized carbons (Fsp3) is 0.286. The van der Waals surface area contributed by atoms with Crippen molar-refractivity contribution in [3.63, 3.8) is 0 Å². The van der Waals surface area contributed by atoms with Crippen LogP contribution >= 0.6 is 11.6 Å². The first-order valence-corrected chi connectivity index (χ1v) is 6.30. The number of nitrogens with two attached hydrogens (primary N) is 1. The summed E-state index contributed by atoms with van der Waals surface area (Å²) in [5, 5.41) is 10.5. The molecule has 2 aromatic rings. The molecule has 2 unspecified atom stereocenters. The zero-order chi connectivity index (χ0) is 14.0. The first kappa shape index (κ1) is 14.1. The minimum Gasteiger partial charge on any atom is -0.464 e. The van der Waals surface area contributed by atoms with Crippen molar-refractivity contribution in [3.8, 4) is 0 Å². The average Bonchev–Trinajstić information content (AvgIpc) is 2.80. The second kappa shape index (κ2) is 5.74. The Morgan fingerprint density at radius 3 is 2.63 bits per heavy atom. The van der Waals surface area contributed by atoms with E-state index >= 15 is 0 Å². The van der Waals surface area contributed by atoms with Gasteiger partial charge in [-0.3, -0.25) is 0 Å². The molecule has 2 atom stereocenters. The van der Waals surface area contributed by atoms with Crippen LogP contribution in [0.5, 0.6) is 0 Å². The van der Waals surface area contributed by atoms with E-state index < -0.39 is 17.8 Å². The lowest BCUT2D eigenvalue weighted by molar-refractivity contribution is 0.119. The number of furan rings is 1. The van der Waals surface area contributed by atoms with Crippen LogP contribution in [-0.2, 0) is 0 Å². The highest BCUT2D eigenvalue weighted by atomic mass is 35.5. The Morgan fingerprint density at radius 2 is 2.11 bits per heavy atom. The number of aliphatic hydroxyl groups excluding tert-OH is 1. The number of hydrogen-bond acceptors (Lipinski definition) is 3. The van der Waals surface area contributed by atoms with E-state index in [0.29, 0.717) is 11.5 Å². The number of hydrogen-bond donors (Lipinski definition) is 2. The summed E-state index contributed by atoms with van der Waals surface area (Å²) in [4.78, 5) is 0. The molecule has 0 saturated carbocycles. The van der Waals surface area contributed by atoms with Crippen molar-refractivity contribution in [3.05, 3.63) is 58.3 Å². The third-order valence-electron chi connectivity index (χ3n) is 3.06. The Kier molecular flexibility index (Phi) is 4.24. The quantitative estimate of drug-likeness (QED) is 0.906. The van der Waals surface area contributed by atoms with Gasteiger partial charge in [-0.15, -0.1) is 0 Å². The van der Waals surface area contributed by atoms with Crippen molar-refractivity contribution in [2.75, 3.05) is 6.54 Å². The summed E-state index contributed by atoms with van der Waals surface area (Å²) in [6.45, 7) is 1.82. The Balaban J connectivity index is 2.39. The minimum absolute atomic E-state index is 0.0571. The van der Waals surface area contributed by atoms with E-state index in [2.05, 4.69) is 0 Å². The van der Waals surface area contributed by atoms with Gasteiger partial charge < -0.3 is 15.3 Å². The van der Waals surface area contributed by atoms with Crippen LogP contribution < -0.4 is 5.73 Å². The smallest absolute Gasteiger partial charge is 0.133 e. The van der Waals surface area contributed by atoms with Crippen molar-refractivity contribution < 1.29 is 13.9 Å². The van der Waals surface area contributed by atoms with Crippen molar-refractivity contribution in [1.82, 2.24) is 0 Å². The summed E-state index contributed by atoms with van der Waals surface area (Å²) in [5.74, 6) is -0.110. The number of halogens is 2. The van der Waals surface area contributed by atoms with Crippen molar-refractivity contribution >= 4 is 11.6 Å². The molecular weight excluding hydrogens is 269 g/mol. The zero-order valence-corrected chi connectivity index (χ0v) is 11.2. The van der Waals surface area contributed by atoms with E-state index in [1.807, 2.05) is 0 Å². The van der Waals surface area contributed by atoms with Gasteiger partial charge in [0.2, 0.25) is 0 Å². The van der Waals surface area contributed by atoms with Gasteiger partial charge in [0.1, 0.15) is 23.4 Å². The number of rotatable bonds is 4. The summed E-state index contributed by atoms with van der Waals surface area (Å²) in [7, 11) is 0. The minimum atomic E-state index is -1.03. The van der Waals surface area contributed by atoms with Gasteiger partial charge in [0.25, 0.3) is 0 Å². The molecule has 0 aliphatic heterocycles. The van der Waals surface area contributed by atoms with Gasteiger partial charge in [0, 0.05) is 23.0 Å². The fourth-order valence-electron chi connectivity index (χ4n) is 2.08. The molecule has 3 nitrogen and oxygen atoms in total. The molecule has 3 N–H and O–H groups in total. The summed E-state index contributed by atoms with van der Waals surface area (Å²) < 4.78 is 19.2. The SMILES string of the molecule is Cc1ccc(C(O)C(CN)c2c(F)cccc2Cl)o1. The van der Waals surface area contributed by atoms with Crippen LogP contribution in [0, 0.1) is 12.7 Å². The molecule has 1 heterocycles. The summed E-state index contributed by atoms with van der Waals surface area (Å²) in [6, 6.07) is 7.76. The van der Waals surface area contributed by atoms with E-state index in [0.717, 1.165) is 0 Å². The maximum Gasteiger partial charge on any atom is 0.133 e. The topological polar surface area (TPSA) is 59.4 Å². The van der Waals surface area contributed by atoms with Crippen LogP contribution in [0.3, 0.4) is 0 Å². The number of aliphatic hydroxyl groups is 1. The van der Waals surface area contributed by atoms with Crippen LogP contribution in [0.25, 0.3) is 0 Å². The first-order chi connectivity index (χ1) is 9.04. The third-order valence-corrected chi connectivity index (χ3v) is 3.39. The first-order valence-electron chi connectivity index (χ1n) is 5.93. The van der Waals surface area contributed by atoms with E-state index in [9.17, 15) is 9.50 Å². The fourth-order valence-corrected chi connectivity index (χ4v) is 2.38. The monoisotopic (exact) mass is 283 g/mol. The predicted molar refractivity (Wildman–Crippen MR) is 71.6 cm³/mol. The highest BCUT2D eigenvalue weighted by molar-refractivity contribution is 6.31. The Hall–Kier alpha value is -1.36. The lowest BCUT2D eigenvalue weighted by Crippen LogP contribution is -2.21. The molecule has 0 saturated heterocycles. The zero-order valence-electron chi connectivity index (χ0n) is 10.4. The van der Waals surface area contributed by atoms with Crippen LogP contribution in [0.2, 0.25) is 5.02 Å². The van der Waals surface area contributed by atoms with Crippen LogP contribution in [0.1, 0.15) is 29.1 Å². The maximum absolute atomic E-state index is 13.9. The molecule has 19 heavy (non-hydrogen) atoms. The standard InChI is InChI=1S/C14H15ClFNO2/c1-8-5-6-12(19-8)14(18)9(7-17)13-10(15)3-2-4-11(13)16/h2-6,9,14,18H,7,17H2,1H3. The van der Waals surface area contributed by atoms with Crippen LogP contribution in [0.15, 0.2) is 34.7 Å². The molecule has 1 aromatic carbocycles.